The van der Waals surface area contributed by atoms with Crippen molar-refractivity contribution in [3.63, 3.8) is 0 Å². The summed E-state index contributed by atoms with van der Waals surface area (Å²) in [6.45, 7) is -3.19. The molecule has 0 radical (unpaired) electrons. The van der Waals surface area contributed by atoms with Crippen LogP contribution in [0.2, 0.25) is 0 Å². The number of aryl methyl sites for hydroxylation is 2. The minimum Gasteiger partial charge on any atom is -0.376 e. The van der Waals surface area contributed by atoms with E-state index in [1.54, 1.807) is 7.05 Å². The molecule has 0 fully saturated rings. The summed E-state index contributed by atoms with van der Waals surface area (Å²) in [5.41, 5.74) is -1.74. The first-order valence-electron chi connectivity index (χ1n) is 8.61. The number of amides is 1. The van der Waals surface area contributed by atoms with Crippen LogP contribution in [-0.2, 0) is 25.4 Å². The number of aromatic nitrogens is 4. The summed E-state index contributed by atoms with van der Waals surface area (Å²) in [5, 5.41) is 8.88. The van der Waals surface area contributed by atoms with E-state index in [1.807, 2.05) is 0 Å². The molecule has 9 heteroatoms. The summed E-state index contributed by atoms with van der Waals surface area (Å²) in [6.07, 6.45) is 2.13. The Balaban J connectivity index is 2.33. The molecular weight excluding hydrogens is 302 g/mol. The zero-order valence-corrected chi connectivity index (χ0v) is 13.0. The van der Waals surface area contributed by atoms with Crippen LogP contribution in [-0.4, -0.2) is 48.4 Å². The second-order valence-electron chi connectivity index (χ2n) is 5.29. The Bertz CT molecular complexity index is 928. The van der Waals surface area contributed by atoms with E-state index in [-0.39, 0.29) is 30.0 Å². The van der Waals surface area contributed by atoms with Crippen molar-refractivity contribution < 1.29 is 14.0 Å². The topological polar surface area (TPSA) is 102 Å². The molecule has 0 atom stereocenters. The maximum absolute atomic E-state index is 12.6. The molecule has 126 valence electrons. The van der Waals surface area contributed by atoms with E-state index < -0.39 is 25.0 Å². The molecule has 0 aliphatic rings. The lowest BCUT2D eigenvalue weighted by Gasteiger charge is -2.13. The monoisotopic (exact) mass is 326 g/mol. The fourth-order valence-electron chi connectivity index (χ4n) is 2.27. The van der Waals surface area contributed by atoms with Gasteiger partial charge in [0.2, 0.25) is 5.91 Å². The van der Waals surface area contributed by atoms with Crippen LogP contribution >= 0.6 is 0 Å². The van der Waals surface area contributed by atoms with Gasteiger partial charge in [0.15, 0.2) is 11.2 Å². The number of fused-ring (bicyclic) bond motifs is 1. The molecule has 0 unspecified atom stereocenters. The molecule has 1 N–H and O–H groups in total. The summed E-state index contributed by atoms with van der Waals surface area (Å²) in [7, 11) is 3.00. The molecule has 0 aromatic carbocycles. The van der Waals surface area contributed by atoms with Crippen LogP contribution < -0.4 is 11.2 Å². The SMILES string of the molecule is [2H]C([2H])([2H])n1c(=O)n(CCCCC(=O)N(C)CO)c(=O)c2c1ncn2C. The third-order valence-corrected chi connectivity index (χ3v) is 3.66. The van der Waals surface area contributed by atoms with E-state index in [0.29, 0.717) is 17.4 Å². The number of carbonyl (C=O) groups excluding carboxylic acids is 1. The number of hydrogen-bond acceptors (Lipinski definition) is 5. The maximum Gasteiger partial charge on any atom is 0.332 e. The van der Waals surface area contributed by atoms with Gasteiger partial charge in [-0.2, -0.15) is 0 Å². The Morgan fingerprint density at radius 2 is 2.17 bits per heavy atom. The van der Waals surface area contributed by atoms with Gasteiger partial charge in [-0.05, 0) is 12.8 Å². The Hall–Kier alpha value is -2.42. The molecule has 0 saturated carbocycles. The van der Waals surface area contributed by atoms with Crippen LogP contribution in [0.25, 0.3) is 11.2 Å². The van der Waals surface area contributed by atoms with Crippen LogP contribution in [0.5, 0.6) is 0 Å². The molecule has 0 spiro atoms. The fourth-order valence-corrected chi connectivity index (χ4v) is 2.27. The van der Waals surface area contributed by atoms with E-state index in [2.05, 4.69) is 4.98 Å². The highest BCUT2D eigenvalue weighted by atomic mass is 16.3. The lowest BCUT2D eigenvalue weighted by molar-refractivity contribution is -0.133. The lowest BCUT2D eigenvalue weighted by Crippen LogP contribution is -2.39. The zero-order chi connectivity index (χ0) is 19.6. The number of rotatable bonds is 6. The van der Waals surface area contributed by atoms with Crippen molar-refractivity contribution in [2.45, 2.75) is 25.8 Å². The summed E-state index contributed by atoms with van der Waals surface area (Å²) in [6, 6.07) is 0. The largest absolute Gasteiger partial charge is 0.376 e. The number of carbonyl (C=O) groups is 1. The number of nitrogens with zero attached hydrogens (tertiary/aromatic N) is 5. The highest BCUT2D eigenvalue weighted by molar-refractivity contribution is 5.75. The first-order chi connectivity index (χ1) is 12.1. The maximum atomic E-state index is 12.6. The van der Waals surface area contributed by atoms with E-state index in [9.17, 15) is 14.4 Å². The fraction of sp³-hybridized carbons (Fsp3) is 0.571. The molecule has 0 aliphatic carbocycles. The molecule has 2 rings (SSSR count). The van der Waals surface area contributed by atoms with Gasteiger partial charge in [0, 0.05) is 38.1 Å². The van der Waals surface area contributed by atoms with Gasteiger partial charge in [-0.15, -0.1) is 0 Å². The van der Waals surface area contributed by atoms with Crippen molar-refractivity contribution >= 4 is 17.1 Å². The quantitative estimate of drug-likeness (QED) is 0.542. The predicted octanol–water partition coefficient (Wildman–Crippen LogP) is -0.988. The second-order valence-corrected chi connectivity index (χ2v) is 5.29. The smallest absolute Gasteiger partial charge is 0.332 e. The number of aliphatic hydroxyl groups is 1. The first kappa shape index (κ1) is 13.1. The molecule has 23 heavy (non-hydrogen) atoms. The molecule has 2 aromatic heterocycles. The predicted molar refractivity (Wildman–Crippen MR) is 83.9 cm³/mol. The van der Waals surface area contributed by atoms with Crippen LogP contribution in [0.1, 0.15) is 23.4 Å². The van der Waals surface area contributed by atoms with E-state index in [0.717, 1.165) is 9.47 Å². The van der Waals surface area contributed by atoms with Crippen molar-refractivity contribution in [3.05, 3.63) is 27.2 Å². The first-order valence-corrected chi connectivity index (χ1v) is 7.11. The minimum absolute atomic E-state index is 0.0228. The average Bonchev–Trinajstić information content (AvgIpc) is 2.93. The molecule has 9 nitrogen and oxygen atoms in total. The summed E-state index contributed by atoms with van der Waals surface area (Å²) < 4.78 is 25.5. The summed E-state index contributed by atoms with van der Waals surface area (Å²) in [5.74, 6) is -0.262. The standard InChI is InChI=1S/C14H21N5O4/c1-16-8-15-12-11(16)13(22)19(14(23)18(12)3)7-5-4-6-10(21)17(2)9-20/h8,20H,4-7,9H2,1-3H3/i3D3. The lowest BCUT2D eigenvalue weighted by atomic mass is 10.2. The number of aliphatic hydroxyl groups excluding tert-OH is 1. The van der Waals surface area contributed by atoms with Crippen molar-refractivity contribution in [3.8, 4) is 0 Å². The molecular formula is C14H21N5O4. The highest BCUT2D eigenvalue weighted by Gasteiger charge is 2.14. The van der Waals surface area contributed by atoms with E-state index in [1.165, 1.54) is 17.9 Å². The molecule has 0 aliphatic heterocycles. The summed E-state index contributed by atoms with van der Waals surface area (Å²) >= 11 is 0. The molecule has 2 aromatic rings. The van der Waals surface area contributed by atoms with Crippen molar-refractivity contribution in [1.29, 1.82) is 0 Å². The van der Waals surface area contributed by atoms with Crippen molar-refractivity contribution in [2.24, 2.45) is 14.0 Å². The Morgan fingerprint density at radius 1 is 1.43 bits per heavy atom. The van der Waals surface area contributed by atoms with Crippen molar-refractivity contribution in [1.82, 2.24) is 23.6 Å². The minimum atomic E-state index is -2.78. The highest BCUT2D eigenvalue weighted by Crippen LogP contribution is 2.04. The van der Waals surface area contributed by atoms with Gasteiger partial charge in [-0.25, -0.2) is 9.78 Å². The van der Waals surface area contributed by atoms with Gasteiger partial charge >= 0.3 is 5.69 Å². The third-order valence-electron chi connectivity index (χ3n) is 3.66. The second kappa shape index (κ2) is 6.78. The normalized spacial score (nSPS) is 13.6. The Labute approximate surface area is 136 Å². The van der Waals surface area contributed by atoms with Crippen LogP contribution in [0.4, 0.5) is 0 Å². The van der Waals surface area contributed by atoms with Crippen LogP contribution in [0, 0.1) is 0 Å². The molecule has 0 bridgehead atoms. The van der Waals surface area contributed by atoms with Crippen LogP contribution in [0.15, 0.2) is 15.9 Å². The van der Waals surface area contributed by atoms with Gasteiger partial charge in [-0.1, -0.05) is 0 Å². The Kier molecular flexibility index (Phi) is 3.85. The van der Waals surface area contributed by atoms with E-state index >= 15 is 0 Å². The third kappa shape index (κ3) is 3.19. The van der Waals surface area contributed by atoms with Crippen molar-refractivity contribution in [2.75, 3.05) is 13.8 Å². The summed E-state index contributed by atoms with van der Waals surface area (Å²) in [4.78, 5) is 41.8. The molecule has 2 heterocycles. The molecule has 0 saturated heterocycles. The number of imidazole rings is 1. The average molecular weight is 326 g/mol. The van der Waals surface area contributed by atoms with Gasteiger partial charge in [0.05, 0.1) is 6.33 Å². The van der Waals surface area contributed by atoms with E-state index in [4.69, 9.17) is 9.22 Å². The van der Waals surface area contributed by atoms with Gasteiger partial charge in [-0.3, -0.25) is 18.7 Å². The molecule has 1 amide bonds. The van der Waals surface area contributed by atoms with Gasteiger partial charge in [0.25, 0.3) is 5.56 Å². The number of hydrogen-bond donors (Lipinski definition) is 1. The van der Waals surface area contributed by atoms with Crippen LogP contribution in [0.3, 0.4) is 0 Å². The van der Waals surface area contributed by atoms with Gasteiger partial charge < -0.3 is 14.6 Å². The zero-order valence-electron chi connectivity index (χ0n) is 16.0. The Morgan fingerprint density at radius 3 is 2.83 bits per heavy atom. The number of unbranched alkanes of at least 4 members (excludes halogenated alkanes) is 1. The van der Waals surface area contributed by atoms with Gasteiger partial charge in [0.1, 0.15) is 6.73 Å².